The highest BCUT2D eigenvalue weighted by Crippen LogP contribution is 2.29. The summed E-state index contributed by atoms with van der Waals surface area (Å²) >= 11 is 5.86. The Labute approximate surface area is 80.9 Å². The zero-order valence-corrected chi connectivity index (χ0v) is 7.94. The number of methoxy groups -OCH3 is 1. The van der Waals surface area contributed by atoms with Crippen LogP contribution < -0.4 is 4.74 Å². The molecule has 0 bridgehead atoms. The maximum atomic E-state index is 12.9. The third kappa shape index (κ3) is 2.32. The van der Waals surface area contributed by atoms with Gasteiger partial charge < -0.3 is 9.84 Å². The second-order valence-corrected chi connectivity index (χ2v) is 2.93. The SMILES string of the molecule is COc1cc(F)cc(CCO)c1Cl. The summed E-state index contributed by atoms with van der Waals surface area (Å²) in [5.74, 6) is -0.116. The molecule has 2 nitrogen and oxygen atoms in total. The summed E-state index contributed by atoms with van der Waals surface area (Å²) in [6.45, 7) is -0.0632. The first kappa shape index (κ1) is 10.3. The maximum Gasteiger partial charge on any atom is 0.140 e. The Kier molecular flexibility index (Phi) is 3.51. The highest BCUT2D eigenvalue weighted by atomic mass is 35.5. The van der Waals surface area contributed by atoms with Crippen LogP contribution in [0.2, 0.25) is 5.02 Å². The van der Waals surface area contributed by atoms with Crippen molar-refractivity contribution >= 4 is 11.6 Å². The Morgan fingerprint density at radius 3 is 2.77 bits per heavy atom. The molecule has 1 N–H and O–H groups in total. The number of rotatable bonds is 3. The van der Waals surface area contributed by atoms with E-state index < -0.39 is 5.82 Å². The van der Waals surface area contributed by atoms with E-state index in [9.17, 15) is 4.39 Å². The lowest BCUT2D eigenvalue weighted by atomic mass is 10.1. The molecule has 1 aromatic rings. The minimum Gasteiger partial charge on any atom is -0.495 e. The van der Waals surface area contributed by atoms with Crippen molar-refractivity contribution in [3.63, 3.8) is 0 Å². The molecule has 0 saturated heterocycles. The van der Waals surface area contributed by atoms with Crippen LogP contribution in [0.25, 0.3) is 0 Å². The minimum atomic E-state index is -0.412. The average Bonchev–Trinajstić information content (AvgIpc) is 2.11. The van der Waals surface area contributed by atoms with E-state index in [1.165, 1.54) is 19.2 Å². The van der Waals surface area contributed by atoms with Gasteiger partial charge in [0.15, 0.2) is 0 Å². The Morgan fingerprint density at radius 1 is 1.54 bits per heavy atom. The number of ether oxygens (including phenoxy) is 1. The summed E-state index contributed by atoms with van der Waals surface area (Å²) in [5, 5.41) is 9.04. The minimum absolute atomic E-state index is 0.0632. The van der Waals surface area contributed by atoms with Gasteiger partial charge in [0, 0.05) is 12.7 Å². The first-order valence-electron chi connectivity index (χ1n) is 3.81. The summed E-state index contributed by atoms with van der Waals surface area (Å²) in [6.07, 6.45) is 0.326. The van der Waals surface area contributed by atoms with Crippen LogP contribution in [0.3, 0.4) is 0 Å². The van der Waals surface area contributed by atoms with Gasteiger partial charge in [-0.15, -0.1) is 0 Å². The summed E-state index contributed by atoms with van der Waals surface area (Å²) in [7, 11) is 1.42. The molecule has 0 heterocycles. The van der Waals surface area contributed by atoms with Gasteiger partial charge in [0.25, 0.3) is 0 Å². The predicted molar refractivity (Wildman–Crippen MR) is 48.8 cm³/mol. The van der Waals surface area contributed by atoms with Crippen LogP contribution in [0.15, 0.2) is 12.1 Å². The molecule has 0 fully saturated rings. The number of benzene rings is 1. The molecule has 0 aliphatic carbocycles. The molecule has 0 saturated carbocycles. The van der Waals surface area contributed by atoms with Crippen molar-refractivity contribution in [2.75, 3.05) is 13.7 Å². The Hall–Kier alpha value is -0.800. The zero-order valence-electron chi connectivity index (χ0n) is 7.18. The molecule has 0 aromatic heterocycles. The average molecular weight is 205 g/mol. The number of hydrogen-bond donors (Lipinski definition) is 1. The van der Waals surface area contributed by atoms with Crippen LogP contribution in [0.5, 0.6) is 5.75 Å². The topological polar surface area (TPSA) is 29.5 Å². The monoisotopic (exact) mass is 204 g/mol. The van der Waals surface area contributed by atoms with Gasteiger partial charge in [0.1, 0.15) is 11.6 Å². The molecule has 0 amide bonds. The standard InChI is InChI=1S/C9H10ClFO2/c1-13-8-5-7(11)4-6(2-3-12)9(8)10/h4-5,12H,2-3H2,1H3. The molecule has 0 atom stereocenters. The molecular weight excluding hydrogens is 195 g/mol. The van der Waals surface area contributed by atoms with Crippen molar-refractivity contribution in [3.8, 4) is 5.75 Å². The molecule has 1 rings (SSSR count). The fraction of sp³-hybridized carbons (Fsp3) is 0.333. The predicted octanol–water partition coefficient (Wildman–Crippen LogP) is 2.02. The van der Waals surface area contributed by atoms with Gasteiger partial charge in [-0.25, -0.2) is 4.39 Å². The van der Waals surface area contributed by atoms with Crippen LogP contribution in [0.1, 0.15) is 5.56 Å². The smallest absolute Gasteiger partial charge is 0.140 e. The second-order valence-electron chi connectivity index (χ2n) is 2.55. The third-order valence-electron chi connectivity index (χ3n) is 1.68. The van der Waals surface area contributed by atoms with Crippen LogP contribution in [-0.4, -0.2) is 18.8 Å². The van der Waals surface area contributed by atoms with Gasteiger partial charge in [-0.05, 0) is 18.1 Å². The Morgan fingerprint density at radius 2 is 2.23 bits per heavy atom. The van der Waals surface area contributed by atoms with Crippen LogP contribution in [0, 0.1) is 5.82 Å². The Bertz CT molecular complexity index is 302. The van der Waals surface area contributed by atoms with Crippen LogP contribution in [-0.2, 0) is 6.42 Å². The van der Waals surface area contributed by atoms with E-state index in [0.717, 1.165) is 0 Å². The third-order valence-corrected chi connectivity index (χ3v) is 2.11. The zero-order chi connectivity index (χ0) is 9.84. The molecule has 13 heavy (non-hydrogen) atoms. The normalized spacial score (nSPS) is 10.2. The van der Waals surface area contributed by atoms with Crippen molar-refractivity contribution in [1.82, 2.24) is 0 Å². The fourth-order valence-corrected chi connectivity index (χ4v) is 1.35. The van der Waals surface area contributed by atoms with Crippen molar-refractivity contribution in [2.45, 2.75) is 6.42 Å². The molecular formula is C9H10ClFO2. The van der Waals surface area contributed by atoms with E-state index in [0.29, 0.717) is 22.8 Å². The van der Waals surface area contributed by atoms with E-state index in [-0.39, 0.29) is 6.61 Å². The van der Waals surface area contributed by atoms with Gasteiger partial charge in [0.2, 0.25) is 0 Å². The summed E-state index contributed by atoms with van der Waals surface area (Å²) in [6, 6.07) is 2.50. The van der Waals surface area contributed by atoms with Crippen molar-refractivity contribution in [2.24, 2.45) is 0 Å². The van der Waals surface area contributed by atoms with Crippen molar-refractivity contribution in [3.05, 3.63) is 28.5 Å². The van der Waals surface area contributed by atoms with Gasteiger partial charge >= 0.3 is 0 Å². The molecule has 0 unspecified atom stereocenters. The van der Waals surface area contributed by atoms with Crippen LogP contribution in [0.4, 0.5) is 4.39 Å². The van der Waals surface area contributed by atoms with Gasteiger partial charge in [-0.3, -0.25) is 0 Å². The lowest BCUT2D eigenvalue weighted by Crippen LogP contribution is -1.95. The molecule has 1 aromatic carbocycles. The molecule has 0 aliphatic heterocycles. The summed E-state index contributed by atoms with van der Waals surface area (Å²) < 4.78 is 17.8. The van der Waals surface area contributed by atoms with Crippen LogP contribution >= 0.6 is 11.6 Å². The van der Waals surface area contributed by atoms with E-state index in [1.54, 1.807) is 0 Å². The van der Waals surface area contributed by atoms with E-state index in [2.05, 4.69) is 0 Å². The highest BCUT2D eigenvalue weighted by Gasteiger charge is 2.08. The lowest BCUT2D eigenvalue weighted by molar-refractivity contribution is 0.299. The first-order valence-corrected chi connectivity index (χ1v) is 4.19. The van der Waals surface area contributed by atoms with Crippen molar-refractivity contribution < 1.29 is 14.2 Å². The first-order chi connectivity index (χ1) is 6.19. The van der Waals surface area contributed by atoms with Gasteiger partial charge in [-0.2, -0.15) is 0 Å². The fourth-order valence-electron chi connectivity index (χ4n) is 1.07. The summed E-state index contributed by atoms with van der Waals surface area (Å²) in [4.78, 5) is 0. The maximum absolute atomic E-state index is 12.9. The number of hydrogen-bond acceptors (Lipinski definition) is 2. The molecule has 4 heteroatoms. The number of aliphatic hydroxyl groups is 1. The highest BCUT2D eigenvalue weighted by molar-refractivity contribution is 6.32. The van der Waals surface area contributed by atoms with Gasteiger partial charge in [-0.1, -0.05) is 11.6 Å². The lowest BCUT2D eigenvalue weighted by Gasteiger charge is -2.07. The molecule has 0 spiro atoms. The number of halogens is 2. The van der Waals surface area contributed by atoms with E-state index >= 15 is 0 Å². The number of aliphatic hydroxyl groups excluding tert-OH is 1. The molecule has 0 radical (unpaired) electrons. The second kappa shape index (κ2) is 4.44. The van der Waals surface area contributed by atoms with E-state index in [4.69, 9.17) is 21.4 Å². The molecule has 72 valence electrons. The molecule has 0 aliphatic rings. The Balaban J connectivity index is 3.11. The van der Waals surface area contributed by atoms with Crippen molar-refractivity contribution in [1.29, 1.82) is 0 Å². The quantitative estimate of drug-likeness (QED) is 0.817. The largest absolute Gasteiger partial charge is 0.495 e. The van der Waals surface area contributed by atoms with Gasteiger partial charge in [0.05, 0.1) is 12.1 Å². The van der Waals surface area contributed by atoms with E-state index in [1.807, 2.05) is 0 Å². The summed E-state index contributed by atoms with van der Waals surface area (Å²) in [5.41, 5.74) is 0.556.